The molecule has 0 saturated heterocycles. The maximum absolute atomic E-state index is 11.4. The number of hydrogen-bond acceptors (Lipinski definition) is 4. The number of aromatic nitrogens is 2. The van der Waals surface area contributed by atoms with Gasteiger partial charge >= 0.3 is 5.97 Å². The average molecular weight is 226 g/mol. The summed E-state index contributed by atoms with van der Waals surface area (Å²) >= 11 is 0. The number of ether oxygens (including phenoxy) is 1. The summed E-state index contributed by atoms with van der Waals surface area (Å²) < 4.78 is 5.26. The quantitative estimate of drug-likeness (QED) is 0.788. The van der Waals surface area contributed by atoms with Crippen LogP contribution in [0, 0.1) is 6.92 Å². The number of H-pyrrole nitrogens is 1. The van der Waals surface area contributed by atoms with Gasteiger partial charge < -0.3 is 14.8 Å². The van der Waals surface area contributed by atoms with Gasteiger partial charge in [0.2, 0.25) is 0 Å². The van der Waals surface area contributed by atoms with E-state index in [0.717, 1.165) is 0 Å². The van der Waals surface area contributed by atoms with Crippen molar-refractivity contribution in [3.63, 3.8) is 0 Å². The number of aromatic carboxylic acids is 1. The second-order valence-electron chi connectivity index (χ2n) is 3.64. The molecule has 6 nitrogen and oxygen atoms in total. The van der Waals surface area contributed by atoms with Crippen molar-refractivity contribution < 1.29 is 14.6 Å². The topological polar surface area (TPSA) is 92.3 Å². The molecule has 0 aliphatic carbocycles. The number of aromatic amines is 1. The lowest BCUT2D eigenvalue weighted by Gasteiger charge is -2.07. The fourth-order valence-corrected chi connectivity index (χ4v) is 1.21. The minimum atomic E-state index is -1.28. The Bertz CT molecular complexity index is 451. The van der Waals surface area contributed by atoms with Gasteiger partial charge in [0.15, 0.2) is 0 Å². The zero-order chi connectivity index (χ0) is 12.3. The Balaban J connectivity index is 3.01. The van der Waals surface area contributed by atoms with Crippen LogP contribution in [0.2, 0.25) is 0 Å². The van der Waals surface area contributed by atoms with Crippen LogP contribution in [-0.2, 0) is 11.3 Å². The molecule has 88 valence electrons. The normalized spacial score (nSPS) is 10.8. The largest absolute Gasteiger partial charge is 0.477 e. The number of aryl methyl sites for hydroxylation is 1. The number of carbonyl (C=O) groups is 1. The monoisotopic (exact) mass is 226 g/mol. The van der Waals surface area contributed by atoms with Gasteiger partial charge in [-0.15, -0.1) is 0 Å². The van der Waals surface area contributed by atoms with Crippen molar-refractivity contribution in [1.29, 1.82) is 0 Å². The zero-order valence-corrected chi connectivity index (χ0v) is 9.40. The molecule has 16 heavy (non-hydrogen) atoms. The summed E-state index contributed by atoms with van der Waals surface area (Å²) in [5.74, 6) is -0.941. The highest BCUT2D eigenvalue weighted by atomic mass is 16.5. The molecule has 6 heteroatoms. The van der Waals surface area contributed by atoms with Crippen molar-refractivity contribution in [2.24, 2.45) is 0 Å². The van der Waals surface area contributed by atoms with Gasteiger partial charge in [-0.1, -0.05) is 0 Å². The van der Waals surface area contributed by atoms with Crippen LogP contribution in [0.15, 0.2) is 4.79 Å². The summed E-state index contributed by atoms with van der Waals surface area (Å²) in [6, 6.07) is 0. The summed E-state index contributed by atoms with van der Waals surface area (Å²) in [5.41, 5.74) is -0.783. The standard InChI is InChI=1S/C10H14N2O4/c1-5(2)16-4-7-11-6(3)8(10(14)15)9(13)12-7/h5H,4H2,1-3H3,(H,14,15)(H,11,12,13). The van der Waals surface area contributed by atoms with Crippen LogP contribution in [-0.4, -0.2) is 27.1 Å². The van der Waals surface area contributed by atoms with E-state index in [0.29, 0.717) is 5.82 Å². The molecule has 0 bridgehead atoms. The molecule has 0 spiro atoms. The molecule has 0 atom stereocenters. The molecule has 0 aliphatic heterocycles. The summed E-state index contributed by atoms with van der Waals surface area (Å²) in [5, 5.41) is 8.76. The van der Waals surface area contributed by atoms with E-state index in [1.807, 2.05) is 13.8 Å². The third kappa shape index (κ3) is 2.90. The molecule has 0 aliphatic rings. The summed E-state index contributed by atoms with van der Waals surface area (Å²) in [6.07, 6.45) is 0.0183. The number of hydrogen-bond donors (Lipinski definition) is 2. The fraction of sp³-hybridized carbons (Fsp3) is 0.500. The molecule has 0 radical (unpaired) electrons. The van der Waals surface area contributed by atoms with Gasteiger partial charge in [-0.05, 0) is 20.8 Å². The van der Waals surface area contributed by atoms with Gasteiger partial charge in [0.1, 0.15) is 18.0 Å². The average Bonchev–Trinajstić information content (AvgIpc) is 2.12. The molecule has 0 unspecified atom stereocenters. The molecule has 0 saturated carbocycles. The second kappa shape index (κ2) is 4.89. The van der Waals surface area contributed by atoms with Gasteiger partial charge in [-0.25, -0.2) is 9.78 Å². The Hall–Kier alpha value is -1.69. The Morgan fingerprint density at radius 3 is 2.62 bits per heavy atom. The third-order valence-electron chi connectivity index (χ3n) is 1.92. The third-order valence-corrected chi connectivity index (χ3v) is 1.92. The first-order valence-electron chi connectivity index (χ1n) is 4.86. The highest BCUT2D eigenvalue weighted by Crippen LogP contribution is 2.01. The molecule has 1 aromatic rings. The van der Waals surface area contributed by atoms with Crippen LogP contribution in [0.25, 0.3) is 0 Å². The van der Waals surface area contributed by atoms with Crippen LogP contribution in [0.1, 0.15) is 35.7 Å². The minimum Gasteiger partial charge on any atom is -0.477 e. The Morgan fingerprint density at radius 2 is 2.19 bits per heavy atom. The van der Waals surface area contributed by atoms with E-state index in [1.165, 1.54) is 6.92 Å². The number of carboxylic acids is 1. The maximum atomic E-state index is 11.4. The van der Waals surface area contributed by atoms with Crippen LogP contribution >= 0.6 is 0 Å². The van der Waals surface area contributed by atoms with Crippen LogP contribution in [0.5, 0.6) is 0 Å². The Labute approximate surface area is 92.3 Å². The van der Waals surface area contributed by atoms with Crippen molar-refractivity contribution in [2.75, 3.05) is 0 Å². The van der Waals surface area contributed by atoms with E-state index in [2.05, 4.69) is 9.97 Å². The van der Waals surface area contributed by atoms with Crippen molar-refractivity contribution in [3.8, 4) is 0 Å². The van der Waals surface area contributed by atoms with Crippen LogP contribution < -0.4 is 5.56 Å². The number of nitrogens with one attached hydrogen (secondary N) is 1. The smallest absolute Gasteiger partial charge is 0.343 e. The van der Waals surface area contributed by atoms with E-state index in [1.54, 1.807) is 0 Å². The molecule has 1 heterocycles. The molecular weight excluding hydrogens is 212 g/mol. The predicted octanol–water partition coefficient (Wildman–Crippen LogP) is 0.702. The van der Waals surface area contributed by atoms with Crippen molar-refractivity contribution in [3.05, 3.63) is 27.4 Å². The maximum Gasteiger partial charge on any atom is 0.343 e. The highest BCUT2D eigenvalue weighted by molar-refractivity contribution is 5.88. The predicted molar refractivity (Wildman–Crippen MR) is 56.5 cm³/mol. The van der Waals surface area contributed by atoms with Crippen molar-refractivity contribution in [1.82, 2.24) is 9.97 Å². The Morgan fingerprint density at radius 1 is 1.56 bits per heavy atom. The van der Waals surface area contributed by atoms with Crippen molar-refractivity contribution in [2.45, 2.75) is 33.5 Å². The van der Waals surface area contributed by atoms with E-state index in [4.69, 9.17) is 9.84 Å². The summed E-state index contributed by atoms with van der Waals surface area (Å²) in [4.78, 5) is 28.5. The minimum absolute atomic E-state index is 0.0183. The van der Waals surface area contributed by atoms with Gasteiger partial charge in [-0.2, -0.15) is 0 Å². The van der Waals surface area contributed by atoms with Crippen molar-refractivity contribution >= 4 is 5.97 Å². The van der Waals surface area contributed by atoms with E-state index in [9.17, 15) is 9.59 Å². The molecule has 1 aromatic heterocycles. The van der Waals surface area contributed by atoms with Crippen LogP contribution in [0.3, 0.4) is 0 Å². The Kier molecular flexibility index (Phi) is 3.78. The number of carboxylic acid groups (broad SMARTS) is 1. The van der Waals surface area contributed by atoms with E-state index in [-0.39, 0.29) is 24.0 Å². The number of nitrogens with zero attached hydrogens (tertiary/aromatic N) is 1. The molecule has 0 amide bonds. The molecule has 0 aromatic carbocycles. The first kappa shape index (κ1) is 12.4. The molecular formula is C10H14N2O4. The summed E-state index contributed by atoms with van der Waals surface area (Å²) in [7, 11) is 0. The highest BCUT2D eigenvalue weighted by Gasteiger charge is 2.14. The summed E-state index contributed by atoms with van der Waals surface area (Å²) in [6.45, 7) is 5.36. The van der Waals surface area contributed by atoms with Gasteiger partial charge in [0.25, 0.3) is 5.56 Å². The fourth-order valence-electron chi connectivity index (χ4n) is 1.21. The lowest BCUT2D eigenvalue weighted by Crippen LogP contribution is -2.23. The van der Waals surface area contributed by atoms with Gasteiger partial charge in [0, 0.05) is 0 Å². The van der Waals surface area contributed by atoms with E-state index < -0.39 is 11.5 Å². The van der Waals surface area contributed by atoms with E-state index >= 15 is 0 Å². The number of rotatable bonds is 4. The molecule has 0 fully saturated rings. The lowest BCUT2D eigenvalue weighted by atomic mass is 10.2. The van der Waals surface area contributed by atoms with Gasteiger partial charge in [0.05, 0.1) is 11.8 Å². The SMILES string of the molecule is Cc1nc(COC(C)C)[nH]c(=O)c1C(=O)O. The zero-order valence-electron chi connectivity index (χ0n) is 9.40. The molecule has 2 N–H and O–H groups in total. The van der Waals surface area contributed by atoms with Gasteiger partial charge in [-0.3, -0.25) is 4.79 Å². The van der Waals surface area contributed by atoms with Crippen LogP contribution in [0.4, 0.5) is 0 Å². The molecule has 1 rings (SSSR count). The second-order valence-corrected chi connectivity index (χ2v) is 3.64. The first-order chi connectivity index (χ1) is 7.41. The first-order valence-corrected chi connectivity index (χ1v) is 4.86. The lowest BCUT2D eigenvalue weighted by molar-refractivity contribution is 0.0605.